The minimum Gasteiger partial charge on any atom is -0.505 e. The predicted molar refractivity (Wildman–Crippen MR) is 104 cm³/mol. The summed E-state index contributed by atoms with van der Waals surface area (Å²) in [5, 5.41) is 25.3. The topological polar surface area (TPSA) is 118 Å². The maximum atomic E-state index is 12.0. The fourth-order valence-electron chi connectivity index (χ4n) is 2.46. The van der Waals surface area contributed by atoms with Gasteiger partial charge in [-0.25, -0.2) is 5.43 Å². The molecule has 3 rings (SSSR count). The average molecular weight is 429 g/mol. The molecule has 0 unspecified atom stereocenters. The number of rotatable bonds is 5. The van der Waals surface area contributed by atoms with Crippen molar-refractivity contribution in [2.75, 3.05) is 0 Å². The highest BCUT2D eigenvalue weighted by Crippen LogP contribution is 2.33. The van der Waals surface area contributed by atoms with Crippen LogP contribution in [0.5, 0.6) is 5.75 Å². The standard InChI is InChI=1S/C18H13BrN4O4/c19-15-9-12(14-2-1-7-20-17(14)18(15)25)10-21-22-16(24)8-11-3-5-13(6-4-11)23(26)27/h1-7,9-10,25H,8H2,(H,22,24)/b21-10-. The van der Waals surface area contributed by atoms with Gasteiger partial charge in [0.15, 0.2) is 5.75 Å². The Labute approximate surface area is 161 Å². The Bertz CT molecular complexity index is 1050. The number of benzene rings is 2. The van der Waals surface area contributed by atoms with Crippen molar-refractivity contribution in [1.82, 2.24) is 10.4 Å². The third-order valence-electron chi connectivity index (χ3n) is 3.76. The van der Waals surface area contributed by atoms with Crippen LogP contribution in [0.1, 0.15) is 11.1 Å². The van der Waals surface area contributed by atoms with Crippen LogP contribution in [0.25, 0.3) is 10.9 Å². The van der Waals surface area contributed by atoms with Gasteiger partial charge in [0.2, 0.25) is 5.91 Å². The molecule has 0 bridgehead atoms. The number of fused-ring (bicyclic) bond motifs is 1. The summed E-state index contributed by atoms with van der Waals surface area (Å²) >= 11 is 3.26. The molecule has 27 heavy (non-hydrogen) atoms. The van der Waals surface area contributed by atoms with Crippen LogP contribution >= 0.6 is 15.9 Å². The number of carbonyl (C=O) groups excluding carboxylic acids is 1. The van der Waals surface area contributed by atoms with Gasteiger partial charge in [0.25, 0.3) is 5.69 Å². The lowest BCUT2D eigenvalue weighted by atomic mass is 10.1. The van der Waals surface area contributed by atoms with E-state index in [1.54, 1.807) is 24.4 Å². The molecule has 8 nitrogen and oxygen atoms in total. The predicted octanol–water partition coefficient (Wildman–Crippen LogP) is 3.30. The van der Waals surface area contributed by atoms with Crippen molar-refractivity contribution in [3.63, 3.8) is 0 Å². The summed E-state index contributed by atoms with van der Waals surface area (Å²) in [6.07, 6.45) is 3.07. The van der Waals surface area contributed by atoms with Gasteiger partial charge in [0, 0.05) is 29.3 Å². The molecule has 0 spiro atoms. The number of aromatic hydroxyl groups is 1. The summed E-state index contributed by atoms with van der Waals surface area (Å²) in [6.45, 7) is 0. The van der Waals surface area contributed by atoms with Crippen molar-refractivity contribution in [2.45, 2.75) is 6.42 Å². The number of nitro groups is 1. The van der Waals surface area contributed by atoms with Gasteiger partial charge in [-0.15, -0.1) is 0 Å². The Balaban J connectivity index is 1.70. The number of halogens is 1. The third kappa shape index (κ3) is 4.26. The summed E-state index contributed by atoms with van der Waals surface area (Å²) < 4.78 is 0.465. The van der Waals surface area contributed by atoms with Crippen LogP contribution in [0, 0.1) is 10.1 Å². The van der Waals surface area contributed by atoms with Crippen LogP contribution in [0.2, 0.25) is 0 Å². The Hall–Kier alpha value is -3.33. The van der Waals surface area contributed by atoms with Gasteiger partial charge >= 0.3 is 0 Å². The van der Waals surface area contributed by atoms with E-state index in [4.69, 9.17) is 0 Å². The second-order valence-electron chi connectivity index (χ2n) is 5.59. The lowest BCUT2D eigenvalue weighted by Gasteiger charge is -2.06. The minimum atomic E-state index is -0.497. The van der Waals surface area contributed by atoms with Gasteiger partial charge in [-0.1, -0.05) is 18.2 Å². The quantitative estimate of drug-likeness (QED) is 0.367. The number of nitrogens with one attached hydrogen (secondary N) is 1. The molecule has 0 fully saturated rings. The zero-order valence-corrected chi connectivity index (χ0v) is 15.4. The van der Waals surface area contributed by atoms with E-state index in [1.165, 1.54) is 30.5 Å². The highest BCUT2D eigenvalue weighted by atomic mass is 79.9. The summed E-state index contributed by atoms with van der Waals surface area (Å²) in [4.78, 5) is 26.3. The number of pyridine rings is 1. The number of aromatic nitrogens is 1. The summed E-state index contributed by atoms with van der Waals surface area (Å²) in [6, 6.07) is 10.9. The van der Waals surface area contributed by atoms with E-state index in [1.807, 2.05) is 0 Å². The van der Waals surface area contributed by atoms with Crippen LogP contribution in [0.3, 0.4) is 0 Å². The molecule has 0 saturated heterocycles. The van der Waals surface area contributed by atoms with Crippen molar-refractivity contribution < 1.29 is 14.8 Å². The van der Waals surface area contributed by atoms with E-state index in [-0.39, 0.29) is 23.8 Å². The molecule has 1 heterocycles. The van der Waals surface area contributed by atoms with Crippen LogP contribution in [0.15, 0.2) is 58.2 Å². The van der Waals surface area contributed by atoms with Crippen molar-refractivity contribution in [3.8, 4) is 5.75 Å². The molecular weight excluding hydrogens is 416 g/mol. The Kier molecular flexibility index (Phi) is 5.41. The lowest BCUT2D eigenvalue weighted by Crippen LogP contribution is -2.19. The molecule has 136 valence electrons. The number of carbonyl (C=O) groups is 1. The van der Waals surface area contributed by atoms with Crippen molar-refractivity contribution in [1.29, 1.82) is 0 Å². The fraction of sp³-hybridized carbons (Fsp3) is 0.0556. The average Bonchev–Trinajstić information content (AvgIpc) is 2.66. The van der Waals surface area contributed by atoms with Crippen LogP contribution < -0.4 is 5.43 Å². The number of amides is 1. The van der Waals surface area contributed by atoms with Gasteiger partial charge in [-0.3, -0.25) is 19.9 Å². The van der Waals surface area contributed by atoms with E-state index in [0.29, 0.717) is 26.5 Å². The minimum absolute atomic E-state index is 0.0319. The zero-order chi connectivity index (χ0) is 19.4. The van der Waals surface area contributed by atoms with Crippen molar-refractivity contribution in [2.24, 2.45) is 5.10 Å². The first-order chi connectivity index (χ1) is 13.0. The maximum absolute atomic E-state index is 12.0. The number of nitro benzene ring substituents is 1. The summed E-state index contributed by atoms with van der Waals surface area (Å²) in [5.41, 5.74) is 4.10. The largest absolute Gasteiger partial charge is 0.505 e. The van der Waals surface area contributed by atoms with E-state index in [0.717, 1.165) is 0 Å². The van der Waals surface area contributed by atoms with E-state index >= 15 is 0 Å². The van der Waals surface area contributed by atoms with Crippen molar-refractivity contribution in [3.05, 3.63) is 74.4 Å². The van der Waals surface area contributed by atoms with E-state index in [2.05, 4.69) is 31.4 Å². The first kappa shape index (κ1) is 18.5. The van der Waals surface area contributed by atoms with Crippen LogP contribution in [-0.4, -0.2) is 27.1 Å². The zero-order valence-electron chi connectivity index (χ0n) is 13.8. The molecule has 1 aromatic heterocycles. The smallest absolute Gasteiger partial charge is 0.269 e. The fourth-order valence-corrected chi connectivity index (χ4v) is 2.90. The monoisotopic (exact) mass is 428 g/mol. The molecule has 1 amide bonds. The SMILES string of the molecule is O=C(Cc1ccc([N+](=O)[O-])cc1)N/N=C\c1cc(Br)c(O)c2ncccc12. The number of nitrogens with zero attached hydrogens (tertiary/aromatic N) is 3. The number of phenolic OH excluding ortho intramolecular Hbond substituents is 1. The second kappa shape index (κ2) is 7.92. The van der Waals surface area contributed by atoms with E-state index < -0.39 is 4.92 Å². The van der Waals surface area contributed by atoms with Gasteiger partial charge in [0.1, 0.15) is 5.52 Å². The highest BCUT2D eigenvalue weighted by Gasteiger charge is 2.10. The Morgan fingerprint density at radius 2 is 2.07 bits per heavy atom. The Morgan fingerprint density at radius 3 is 2.78 bits per heavy atom. The van der Waals surface area contributed by atoms with Crippen molar-refractivity contribution >= 4 is 44.6 Å². The molecule has 2 N–H and O–H groups in total. The molecule has 0 aliphatic carbocycles. The molecule has 3 aromatic rings. The third-order valence-corrected chi connectivity index (χ3v) is 4.36. The summed E-state index contributed by atoms with van der Waals surface area (Å²) in [5.74, 6) is -0.328. The number of phenols is 1. The molecule has 0 atom stereocenters. The Morgan fingerprint density at radius 1 is 1.33 bits per heavy atom. The molecule has 0 aliphatic heterocycles. The highest BCUT2D eigenvalue weighted by molar-refractivity contribution is 9.10. The molecule has 9 heteroatoms. The van der Waals surface area contributed by atoms with E-state index in [9.17, 15) is 20.0 Å². The number of hydrogen-bond acceptors (Lipinski definition) is 6. The maximum Gasteiger partial charge on any atom is 0.269 e. The number of hydrogen-bond donors (Lipinski definition) is 2. The molecule has 2 aromatic carbocycles. The molecule has 0 radical (unpaired) electrons. The molecule has 0 aliphatic rings. The van der Waals surface area contributed by atoms with Crippen LogP contribution in [0.4, 0.5) is 5.69 Å². The number of hydrazone groups is 1. The van der Waals surface area contributed by atoms with Gasteiger partial charge in [-0.05, 0) is 33.6 Å². The second-order valence-corrected chi connectivity index (χ2v) is 6.44. The van der Waals surface area contributed by atoms with Crippen LogP contribution in [-0.2, 0) is 11.2 Å². The molecule has 0 saturated carbocycles. The van der Waals surface area contributed by atoms with Gasteiger partial charge < -0.3 is 5.11 Å². The summed E-state index contributed by atoms with van der Waals surface area (Å²) in [7, 11) is 0. The first-order valence-corrected chi connectivity index (χ1v) is 8.56. The normalized spacial score (nSPS) is 11.0. The molecular formula is C18H13BrN4O4. The van der Waals surface area contributed by atoms with Gasteiger partial charge in [-0.2, -0.15) is 5.10 Å². The first-order valence-electron chi connectivity index (χ1n) is 7.77. The lowest BCUT2D eigenvalue weighted by molar-refractivity contribution is -0.384. The van der Waals surface area contributed by atoms with Gasteiger partial charge in [0.05, 0.1) is 22.0 Å². The number of non-ortho nitro benzene ring substituents is 1.